The van der Waals surface area contributed by atoms with Crippen LogP contribution in [-0.2, 0) is 12.8 Å². The quantitative estimate of drug-likeness (QED) is 0.309. The van der Waals surface area contributed by atoms with Crippen molar-refractivity contribution in [1.82, 2.24) is 0 Å². The number of benzene rings is 5. The topological polar surface area (TPSA) is 3.24 Å². The van der Waals surface area contributed by atoms with Crippen LogP contribution in [0.2, 0.25) is 0 Å². The van der Waals surface area contributed by atoms with E-state index in [1.807, 2.05) is 0 Å². The van der Waals surface area contributed by atoms with Gasteiger partial charge >= 0.3 is 0 Å². The van der Waals surface area contributed by atoms with Crippen molar-refractivity contribution >= 4 is 38.0 Å². The van der Waals surface area contributed by atoms with E-state index in [4.69, 9.17) is 0 Å². The van der Waals surface area contributed by atoms with Gasteiger partial charge in [0.1, 0.15) is 0 Å². The van der Waals surface area contributed by atoms with E-state index in [1.165, 1.54) is 55.6 Å². The summed E-state index contributed by atoms with van der Waals surface area (Å²) in [7, 11) is 4.17. The zero-order valence-corrected chi connectivity index (χ0v) is 16.6. The Labute approximate surface area is 166 Å². The molecule has 5 rings (SSSR count). The Hall–Kier alpha value is -3.06. The molecule has 0 atom stereocenters. The SMILES string of the molecule is CN(C)c1ccc(CCCc2ccc3ccc4cccc5ccc2c3c45)cc1. The van der Waals surface area contributed by atoms with Crippen LogP contribution in [0.15, 0.2) is 78.9 Å². The molecule has 0 aliphatic rings. The molecule has 0 radical (unpaired) electrons. The number of anilines is 1. The average Bonchev–Trinajstić information content (AvgIpc) is 2.73. The Balaban J connectivity index is 1.44. The summed E-state index contributed by atoms with van der Waals surface area (Å²) in [4.78, 5) is 2.15. The minimum Gasteiger partial charge on any atom is -0.378 e. The van der Waals surface area contributed by atoms with Gasteiger partial charge in [0.05, 0.1) is 0 Å². The Morgan fingerprint density at radius 2 is 1.25 bits per heavy atom. The summed E-state index contributed by atoms with van der Waals surface area (Å²) in [6, 6.07) is 29.3. The van der Waals surface area contributed by atoms with Crippen LogP contribution in [0.3, 0.4) is 0 Å². The van der Waals surface area contributed by atoms with Crippen LogP contribution in [0.1, 0.15) is 17.5 Å². The van der Waals surface area contributed by atoms with E-state index in [9.17, 15) is 0 Å². The smallest absolute Gasteiger partial charge is 0.0361 e. The van der Waals surface area contributed by atoms with Crippen molar-refractivity contribution in [2.45, 2.75) is 19.3 Å². The highest BCUT2D eigenvalue weighted by atomic mass is 15.1. The molecule has 0 aromatic heterocycles. The summed E-state index contributed by atoms with van der Waals surface area (Å²) in [5.41, 5.74) is 4.15. The van der Waals surface area contributed by atoms with Crippen LogP contribution in [-0.4, -0.2) is 14.1 Å². The van der Waals surface area contributed by atoms with Crippen LogP contribution < -0.4 is 4.90 Å². The fourth-order valence-corrected chi connectivity index (χ4v) is 4.46. The fraction of sp³-hybridized carbons (Fsp3) is 0.185. The maximum absolute atomic E-state index is 2.33. The van der Waals surface area contributed by atoms with Gasteiger partial charge < -0.3 is 4.90 Å². The second-order valence-corrected chi connectivity index (χ2v) is 8.00. The van der Waals surface area contributed by atoms with Gasteiger partial charge in [-0.15, -0.1) is 0 Å². The standard InChI is InChI=1S/C27H25N/c1-28(2)24-16-9-19(10-17-24)5-3-6-20-11-12-23-14-13-21-7-4-8-22-15-18-25(20)27(23)26(21)22/h4,7-18H,3,5-6H2,1-2H3. The Morgan fingerprint density at radius 1 is 0.607 bits per heavy atom. The second-order valence-electron chi connectivity index (χ2n) is 8.00. The van der Waals surface area contributed by atoms with E-state index < -0.39 is 0 Å². The van der Waals surface area contributed by atoms with E-state index in [0.717, 1.165) is 12.8 Å². The Morgan fingerprint density at radius 3 is 1.96 bits per heavy atom. The lowest BCUT2D eigenvalue weighted by molar-refractivity contribution is 0.825. The van der Waals surface area contributed by atoms with Crippen LogP contribution in [0.25, 0.3) is 32.3 Å². The average molecular weight is 364 g/mol. The van der Waals surface area contributed by atoms with Crippen molar-refractivity contribution in [3.8, 4) is 0 Å². The van der Waals surface area contributed by atoms with Crippen molar-refractivity contribution in [2.24, 2.45) is 0 Å². The number of hydrogen-bond acceptors (Lipinski definition) is 1. The van der Waals surface area contributed by atoms with Crippen molar-refractivity contribution in [1.29, 1.82) is 0 Å². The molecule has 0 aliphatic carbocycles. The lowest BCUT2D eigenvalue weighted by Gasteiger charge is -2.14. The van der Waals surface area contributed by atoms with E-state index in [2.05, 4.69) is 97.9 Å². The molecule has 0 saturated carbocycles. The molecule has 0 unspecified atom stereocenters. The van der Waals surface area contributed by atoms with Crippen LogP contribution in [0.4, 0.5) is 5.69 Å². The number of rotatable bonds is 5. The van der Waals surface area contributed by atoms with Gasteiger partial charge in [-0.3, -0.25) is 0 Å². The summed E-state index contributed by atoms with van der Waals surface area (Å²) in [5.74, 6) is 0. The van der Waals surface area contributed by atoms with Gasteiger partial charge in [-0.2, -0.15) is 0 Å². The lowest BCUT2D eigenvalue weighted by atomic mass is 9.90. The van der Waals surface area contributed by atoms with Gasteiger partial charge in [-0.25, -0.2) is 0 Å². The second kappa shape index (κ2) is 6.83. The first kappa shape index (κ1) is 17.1. The third-order valence-corrected chi connectivity index (χ3v) is 5.98. The maximum Gasteiger partial charge on any atom is 0.0361 e. The molecule has 0 heterocycles. The molecule has 1 nitrogen and oxygen atoms in total. The molecule has 138 valence electrons. The number of nitrogens with zero attached hydrogens (tertiary/aromatic N) is 1. The van der Waals surface area contributed by atoms with Crippen LogP contribution >= 0.6 is 0 Å². The molecule has 0 aliphatic heterocycles. The summed E-state index contributed by atoms with van der Waals surface area (Å²) >= 11 is 0. The summed E-state index contributed by atoms with van der Waals surface area (Å²) in [6.07, 6.45) is 3.41. The van der Waals surface area contributed by atoms with Gasteiger partial charge in [-0.1, -0.05) is 66.7 Å². The lowest BCUT2D eigenvalue weighted by Crippen LogP contribution is -2.08. The predicted octanol–water partition coefficient (Wildman–Crippen LogP) is 6.83. The molecule has 5 aromatic rings. The summed E-state index contributed by atoms with van der Waals surface area (Å²) < 4.78 is 0. The first-order valence-electron chi connectivity index (χ1n) is 10.1. The Bertz CT molecular complexity index is 1230. The molecular weight excluding hydrogens is 338 g/mol. The van der Waals surface area contributed by atoms with E-state index >= 15 is 0 Å². The number of aryl methyl sites for hydroxylation is 2. The largest absolute Gasteiger partial charge is 0.378 e. The number of hydrogen-bond donors (Lipinski definition) is 0. The van der Waals surface area contributed by atoms with Crippen molar-refractivity contribution < 1.29 is 0 Å². The molecule has 0 N–H and O–H groups in total. The van der Waals surface area contributed by atoms with Gasteiger partial charge in [0, 0.05) is 19.8 Å². The monoisotopic (exact) mass is 363 g/mol. The molecule has 0 amide bonds. The summed E-state index contributed by atoms with van der Waals surface area (Å²) in [6.45, 7) is 0. The third kappa shape index (κ3) is 2.88. The molecular formula is C27H25N. The fourth-order valence-electron chi connectivity index (χ4n) is 4.46. The van der Waals surface area contributed by atoms with Crippen molar-refractivity contribution in [2.75, 3.05) is 19.0 Å². The first-order chi connectivity index (χ1) is 13.7. The minimum absolute atomic E-state index is 1.11. The molecule has 0 spiro atoms. The summed E-state index contributed by atoms with van der Waals surface area (Å²) in [5, 5.41) is 8.30. The molecule has 28 heavy (non-hydrogen) atoms. The van der Waals surface area contributed by atoms with Gasteiger partial charge in [0.15, 0.2) is 0 Å². The first-order valence-corrected chi connectivity index (χ1v) is 10.1. The van der Waals surface area contributed by atoms with E-state index in [1.54, 1.807) is 0 Å². The van der Waals surface area contributed by atoms with E-state index in [-0.39, 0.29) is 0 Å². The highest BCUT2D eigenvalue weighted by Gasteiger charge is 2.10. The Kier molecular flexibility index (Phi) is 4.16. The third-order valence-electron chi connectivity index (χ3n) is 5.98. The highest BCUT2D eigenvalue weighted by molar-refractivity contribution is 6.23. The van der Waals surface area contributed by atoms with Crippen LogP contribution in [0, 0.1) is 0 Å². The normalized spacial score (nSPS) is 11.6. The van der Waals surface area contributed by atoms with Crippen LogP contribution in [0.5, 0.6) is 0 Å². The molecule has 0 bridgehead atoms. The van der Waals surface area contributed by atoms with Gasteiger partial charge in [-0.05, 0) is 74.8 Å². The van der Waals surface area contributed by atoms with Crippen molar-refractivity contribution in [3.63, 3.8) is 0 Å². The van der Waals surface area contributed by atoms with Crippen molar-refractivity contribution in [3.05, 3.63) is 90.0 Å². The predicted molar refractivity (Wildman–Crippen MR) is 123 cm³/mol. The van der Waals surface area contributed by atoms with E-state index in [0.29, 0.717) is 0 Å². The molecule has 0 saturated heterocycles. The van der Waals surface area contributed by atoms with Gasteiger partial charge in [0.25, 0.3) is 0 Å². The van der Waals surface area contributed by atoms with Gasteiger partial charge in [0.2, 0.25) is 0 Å². The zero-order chi connectivity index (χ0) is 19.1. The zero-order valence-electron chi connectivity index (χ0n) is 16.6. The molecule has 0 fully saturated rings. The maximum atomic E-state index is 2.33. The molecule has 1 heteroatoms. The molecule has 5 aromatic carbocycles. The minimum atomic E-state index is 1.11. The highest BCUT2D eigenvalue weighted by Crippen LogP contribution is 2.36.